The molecule has 1 saturated heterocycles. The molecule has 6 heteroatoms. The molecule has 5 nitrogen and oxygen atoms in total. The first kappa shape index (κ1) is 16.5. The number of carbonyl (C=O) groups excluding carboxylic acids is 1. The second-order valence-corrected chi connectivity index (χ2v) is 6.33. The third kappa shape index (κ3) is 4.14. The molecule has 1 aliphatic rings. The maximum atomic E-state index is 12.9. The number of aromatic nitrogens is 2. The Bertz CT molecular complexity index is 677. The monoisotopic (exact) mass is 328 g/mol. The van der Waals surface area contributed by atoms with E-state index in [1.54, 1.807) is 6.20 Å². The molecular weight excluding hydrogens is 307 g/mol. The van der Waals surface area contributed by atoms with Crippen molar-refractivity contribution in [3.05, 3.63) is 59.9 Å². The predicted molar refractivity (Wildman–Crippen MR) is 88.8 cm³/mol. The molecule has 24 heavy (non-hydrogen) atoms. The Morgan fingerprint density at radius 2 is 2.25 bits per heavy atom. The lowest BCUT2D eigenvalue weighted by Gasteiger charge is -2.21. The van der Waals surface area contributed by atoms with Gasteiger partial charge in [-0.15, -0.1) is 0 Å². The van der Waals surface area contributed by atoms with Gasteiger partial charge in [-0.3, -0.25) is 9.78 Å². The largest absolute Gasteiger partial charge is 0.337 e. The van der Waals surface area contributed by atoms with E-state index in [-0.39, 0.29) is 5.91 Å². The fourth-order valence-corrected chi connectivity index (χ4v) is 3.14. The van der Waals surface area contributed by atoms with Crippen LogP contribution in [0.2, 0.25) is 0 Å². The number of hydrogen-bond donors (Lipinski definition) is 0. The highest BCUT2D eigenvalue weighted by Crippen LogP contribution is 2.19. The molecular formula is C18H21FN4O. The summed E-state index contributed by atoms with van der Waals surface area (Å²) in [5.74, 6) is -0.105. The molecule has 1 aliphatic heterocycles. The van der Waals surface area contributed by atoms with Crippen LogP contribution in [0.5, 0.6) is 0 Å². The number of nitrogens with zero attached hydrogens (tertiary/aromatic N) is 4. The highest BCUT2D eigenvalue weighted by Gasteiger charge is 2.28. The van der Waals surface area contributed by atoms with E-state index < -0.39 is 5.82 Å². The van der Waals surface area contributed by atoms with Crippen LogP contribution in [0.15, 0.2) is 42.9 Å². The number of likely N-dealkylation sites (tertiary alicyclic amines) is 1. The average molecular weight is 328 g/mol. The smallest absolute Gasteiger partial charge is 0.272 e. The van der Waals surface area contributed by atoms with Gasteiger partial charge in [0.1, 0.15) is 11.5 Å². The van der Waals surface area contributed by atoms with Crippen molar-refractivity contribution in [2.24, 2.45) is 5.92 Å². The van der Waals surface area contributed by atoms with Gasteiger partial charge in [-0.25, -0.2) is 9.37 Å². The van der Waals surface area contributed by atoms with Gasteiger partial charge >= 0.3 is 0 Å². The van der Waals surface area contributed by atoms with E-state index in [2.05, 4.69) is 28.0 Å². The molecule has 1 fully saturated rings. The molecule has 2 aromatic rings. The van der Waals surface area contributed by atoms with Crippen LogP contribution in [-0.2, 0) is 6.54 Å². The Morgan fingerprint density at radius 1 is 1.38 bits per heavy atom. The van der Waals surface area contributed by atoms with E-state index in [4.69, 9.17) is 0 Å². The SMILES string of the molecule is CN(Cc1cccnc1)C[C@@H]1CCN(C(=O)c2ccc(F)cn2)C1. The molecule has 1 amide bonds. The van der Waals surface area contributed by atoms with Crippen molar-refractivity contribution >= 4 is 5.91 Å². The maximum absolute atomic E-state index is 12.9. The van der Waals surface area contributed by atoms with E-state index >= 15 is 0 Å². The summed E-state index contributed by atoms with van der Waals surface area (Å²) in [7, 11) is 2.08. The number of rotatable bonds is 5. The summed E-state index contributed by atoms with van der Waals surface area (Å²) in [5, 5.41) is 0. The molecule has 2 aromatic heterocycles. The van der Waals surface area contributed by atoms with Crippen LogP contribution in [0.4, 0.5) is 4.39 Å². The van der Waals surface area contributed by atoms with Crippen LogP contribution in [-0.4, -0.2) is 52.4 Å². The molecule has 0 N–H and O–H groups in total. The molecule has 3 heterocycles. The Hall–Kier alpha value is -2.34. The highest BCUT2D eigenvalue weighted by molar-refractivity contribution is 5.92. The van der Waals surface area contributed by atoms with E-state index in [0.717, 1.165) is 38.8 Å². The molecule has 0 unspecified atom stereocenters. The van der Waals surface area contributed by atoms with Crippen molar-refractivity contribution in [2.75, 3.05) is 26.7 Å². The second kappa shape index (κ2) is 7.49. The van der Waals surface area contributed by atoms with E-state index in [9.17, 15) is 9.18 Å². The molecule has 1 atom stereocenters. The predicted octanol–water partition coefficient (Wildman–Crippen LogP) is 2.21. The quantitative estimate of drug-likeness (QED) is 0.844. The zero-order chi connectivity index (χ0) is 16.9. The number of halogens is 1. The first-order chi connectivity index (χ1) is 11.6. The summed E-state index contributed by atoms with van der Waals surface area (Å²) in [4.78, 5) is 24.5. The molecule has 0 spiro atoms. The third-order valence-corrected chi connectivity index (χ3v) is 4.26. The highest BCUT2D eigenvalue weighted by atomic mass is 19.1. The zero-order valence-corrected chi connectivity index (χ0v) is 13.7. The Morgan fingerprint density at radius 3 is 2.96 bits per heavy atom. The first-order valence-corrected chi connectivity index (χ1v) is 8.10. The Labute approximate surface area is 141 Å². The van der Waals surface area contributed by atoms with Gasteiger partial charge in [-0.05, 0) is 43.1 Å². The van der Waals surface area contributed by atoms with Crippen LogP contribution in [0.25, 0.3) is 0 Å². The molecule has 0 aromatic carbocycles. The molecule has 0 radical (unpaired) electrons. The molecule has 0 bridgehead atoms. The molecule has 0 aliphatic carbocycles. The van der Waals surface area contributed by atoms with Crippen LogP contribution in [0.3, 0.4) is 0 Å². The summed E-state index contributed by atoms with van der Waals surface area (Å²) in [6.45, 7) is 3.21. The minimum absolute atomic E-state index is 0.118. The van der Waals surface area contributed by atoms with Gasteiger partial charge in [0.15, 0.2) is 0 Å². The minimum Gasteiger partial charge on any atom is -0.337 e. The van der Waals surface area contributed by atoms with Crippen molar-refractivity contribution in [3.63, 3.8) is 0 Å². The molecule has 126 valence electrons. The Kier molecular flexibility index (Phi) is 5.15. The van der Waals surface area contributed by atoms with E-state index in [1.807, 2.05) is 17.2 Å². The van der Waals surface area contributed by atoms with Gasteiger partial charge in [-0.2, -0.15) is 0 Å². The van der Waals surface area contributed by atoms with Crippen LogP contribution in [0, 0.1) is 11.7 Å². The number of carbonyl (C=O) groups is 1. The van der Waals surface area contributed by atoms with Gasteiger partial charge < -0.3 is 9.80 Å². The van der Waals surface area contributed by atoms with Crippen LogP contribution >= 0.6 is 0 Å². The molecule has 0 saturated carbocycles. The zero-order valence-electron chi connectivity index (χ0n) is 13.7. The lowest BCUT2D eigenvalue weighted by Crippen LogP contribution is -2.32. The summed E-state index contributed by atoms with van der Waals surface area (Å²) >= 11 is 0. The standard InChI is InChI=1S/C18H21FN4O/c1-22(11-14-3-2-7-20-9-14)12-15-6-8-23(13-15)18(24)17-5-4-16(19)10-21-17/h2-5,7,9-10,15H,6,8,11-13H2,1H3/t15-/m0/s1. The second-order valence-electron chi connectivity index (χ2n) is 6.33. The topological polar surface area (TPSA) is 49.3 Å². The summed E-state index contributed by atoms with van der Waals surface area (Å²) in [6.07, 6.45) is 5.71. The van der Waals surface area contributed by atoms with Crippen molar-refractivity contribution < 1.29 is 9.18 Å². The molecule has 3 rings (SSSR count). The van der Waals surface area contributed by atoms with Crippen molar-refractivity contribution in [1.29, 1.82) is 0 Å². The first-order valence-electron chi connectivity index (χ1n) is 8.10. The number of hydrogen-bond acceptors (Lipinski definition) is 4. The summed E-state index contributed by atoms with van der Waals surface area (Å²) in [6, 6.07) is 6.72. The average Bonchev–Trinajstić information content (AvgIpc) is 3.04. The van der Waals surface area contributed by atoms with Gasteiger partial charge in [0.2, 0.25) is 0 Å². The fourth-order valence-electron chi connectivity index (χ4n) is 3.14. The van der Waals surface area contributed by atoms with E-state index in [0.29, 0.717) is 11.6 Å². The lowest BCUT2D eigenvalue weighted by molar-refractivity contribution is 0.0778. The van der Waals surface area contributed by atoms with Crippen molar-refractivity contribution in [3.8, 4) is 0 Å². The van der Waals surface area contributed by atoms with Crippen molar-refractivity contribution in [1.82, 2.24) is 19.8 Å². The fraction of sp³-hybridized carbons (Fsp3) is 0.389. The maximum Gasteiger partial charge on any atom is 0.272 e. The lowest BCUT2D eigenvalue weighted by atomic mass is 10.1. The van der Waals surface area contributed by atoms with E-state index in [1.165, 1.54) is 17.7 Å². The third-order valence-electron chi connectivity index (χ3n) is 4.26. The summed E-state index contributed by atoms with van der Waals surface area (Å²) < 4.78 is 12.9. The van der Waals surface area contributed by atoms with Crippen LogP contribution in [0.1, 0.15) is 22.5 Å². The van der Waals surface area contributed by atoms with Crippen molar-refractivity contribution in [2.45, 2.75) is 13.0 Å². The van der Waals surface area contributed by atoms with Gasteiger partial charge in [-0.1, -0.05) is 6.07 Å². The van der Waals surface area contributed by atoms with Gasteiger partial charge in [0.05, 0.1) is 6.20 Å². The van der Waals surface area contributed by atoms with Gasteiger partial charge in [0.25, 0.3) is 5.91 Å². The van der Waals surface area contributed by atoms with Crippen LogP contribution < -0.4 is 0 Å². The number of pyridine rings is 2. The minimum atomic E-state index is -0.428. The Balaban J connectivity index is 1.51. The summed E-state index contributed by atoms with van der Waals surface area (Å²) in [5.41, 5.74) is 1.49. The number of amides is 1. The van der Waals surface area contributed by atoms with Gasteiger partial charge in [0, 0.05) is 38.6 Å². The normalized spacial score (nSPS) is 17.5.